The monoisotopic (exact) mass is 414 g/mol. The molecule has 2 amide bonds. The van der Waals surface area contributed by atoms with E-state index < -0.39 is 6.04 Å². The van der Waals surface area contributed by atoms with Gasteiger partial charge in [0.15, 0.2) is 0 Å². The third-order valence-corrected chi connectivity index (χ3v) is 5.67. The van der Waals surface area contributed by atoms with Gasteiger partial charge in [-0.05, 0) is 49.6 Å². The van der Waals surface area contributed by atoms with Gasteiger partial charge in [-0.25, -0.2) is 0 Å². The van der Waals surface area contributed by atoms with Crippen LogP contribution in [0.4, 0.5) is 0 Å². The van der Waals surface area contributed by atoms with Gasteiger partial charge in [0, 0.05) is 22.0 Å². The first-order valence-electron chi connectivity index (χ1n) is 8.90. The van der Waals surface area contributed by atoms with Crippen LogP contribution in [0.1, 0.15) is 42.1 Å². The van der Waals surface area contributed by atoms with E-state index in [-0.39, 0.29) is 17.2 Å². The van der Waals surface area contributed by atoms with Crippen molar-refractivity contribution in [3.8, 4) is 0 Å². The van der Waals surface area contributed by atoms with E-state index in [2.05, 4.69) is 38.7 Å². The van der Waals surface area contributed by atoms with Gasteiger partial charge in [-0.2, -0.15) is 0 Å². The van der Waals surface area contributed by atoms with Crippen LogP contribution in [-0.2, 0) is 10.2 Å². The summed E-state index contributed by atoms with van der Waals surface area (Å²) in [6.45, 7) is 2.32. The average Bonchev–Trinajstić information content (AvgIpc) is 2.62. The molecule has 2 aromatic rings. The molecule has 0 aromatic heterocycles. The highest BCUT2D eigenvalue weighted by Crippen LogP contribution is 2.43. The van der Waals surface area contributed by atoms with Gasteiger partial charge < -0.3 is 10.6 Å². The van der Waals surface area contributed by atoms with Crippen LogP contribution in [0.15, 0.2) is 59.1 Å². The molecule has 1 aliphatic rings. The molecule has 0 aliphatic heterocycles. The smallest absolute Gasteiger partial charge is 0.251 e. The van der Waals surface area contributed by atoms with Crippen molar-refractivity contribution in [1.29, 1.82) is 0 Å². The second-order valence-corrected chi connectivity index (χ2v) is 7.84. The topological polar surface area (TPSA) is 58.2 Å². The standard InChI is InChI=1S/C21H23BrN2O2/c1-15(24-20(26)16-8-10-18(22)11-9-16)19(25)23-14-21(12-5-13-21)17-6-3-2-4-7-17/h2-4,6-11,15H,5,12-14H2,1H3,(H,23,25)(H,24,26). The molecule has 0 heterocycles. The summed E-state index contributed by atoms with van der Waals surface area (Å²) in [5.74, 6) is -0.403. The van der Waals surface area contributed by atoms with Crippen LogP contribution in [0.2, 0.25) is 0 Å². The maximum atomic E-state index is 12.4. The number of hydrogen-bond donors (Lipinski definition) is 2. The molecule has 0 spiro atoms. The Kier molecular flexibility index (Phi) is 5.77. The number of benzene rings is 2. The van der Waals surface area contributed by atoms with Crippen LogP contribution in [0.25, 0.3) is 0 Å². The van der Waals surface area contributed by atoms with Gasteiger partial charge in [0.1, 0.15) is 6.04 Å². The quantitative estimate of drug-likeness (QED) is 0.754. The van der Waals surface area contributed by atoms with Crippen LogP contribution < -0.4 is 10.6 Å². The number of nitrogens with one attached hydrogen (secondary N) is 2. The lowest BCUT2D eigenvalue weighted by atomic mass is 9.64. The number of carbonyl (C=O) groups excluding carboxylic acids is 2. The average molecular weight is 415 g/mol. The van der Waals surface area contributed by atoms with Gasteiger partial charge >= 0.3 is 0 Å². The zero-order chi connectivity index (χ0) is 18.6. The van der Waals surface area contributed by atoms with Crippen LogP contribution in [0, 0.1) is 0 Å². The SMILES string of the molecule is CC(NC(=O)c1ccc(Br)cc1)C(=O)NCC1(c2ccccc2)CCC1. The molecule has 1 atom stereocenters. The molecule has 2 N–H and O–H groups in total. The maximum absolute atomic E-state index is 12.4. The zero-order valence-electron chi connectivity index (χ0n) is 14.8. The lowest BCUT2D eigenvalue weighted by Gasteiger charge is -2.42. The first-order valence-corrected chi connectivity index (χ1v) is 9.69. The summed E-state index contributed by atoms with van der Waals surface area (Å²) in [6.07, 6.45) is 3.34. The van der Waals surface area contributed by atoms with E-state index in [0.717, 1.165) is 17.3 Å². The summed E-state index contributed by atoms with van der Waals surface area (Å²) in [4.78, 5) is 24.7. The molecular weight excluding hydrogens is 392 g/mol. The van der Waals surface area contributed by atoms with Gasteiger partial charge in [0.25, 0.3) is 5.91 Å². The van der Waals surface area contributed by atoms with Gasteiger partial charge in [0.05, 0.1) is 0 Å². The minimum atomic E-state index is -0.584. The van der Waals surface area contributed by atoms with E-state index >= 15 is 0 Å². The Morgan fingerprint density at radius 2 is 1.73 bits per heavy atom. The molecule has 1 saturated carbocycles. The van der Waals surface area contributed by atoms with Crippen LogP contribution >= 0.6 is 15.9 Å². The highest BCUT2D eigenvalue weighted by atomic mass is 79.9. The summed E-state index contributed by atoms with van der Waals surface area (Å²) in [7, 11) is 0. The summed E-state index contributed by atoms with van der Waals surface area (Å²) in [5, 5.41) is 5.79. The van der Waals surface area contributed by atoms with E-state index in [1.807, 2.05) is 18.2 Å². The number of rotatable bonds is 6. The molecule has 2 aromatic carbocycles. The van der Waals surface area contributed by atoms with Gasteiger partial charge in [-0.1, -0.05) is 52.7 Å². The van der Waals surface area contributed by atoms with Crippen molar-refractivity contribution >= 4 is 27.7 Å². The molecule has 0 radical (unpaired) electrons. The molecule has 4 nitrogen and oxygen atoms in total. The summed E-state index contributed by atoms with van der Waals surface area (Å²) < 4.78 is 0.909. The number of hydrogen-bond acceptors (Lipinski definition) is 2. The van der Waals surface area contributed by atoms with Gasteiger partial charge in [0.2, 0.25) is 5.91 Å². The largest absolute Gasteiger partial charge is 0.353 e. The molecule has 5 heteroatoms. The Bertz CT molecular complexity index is 770. The normalized spacial score (nSPS) is 16.2. The maximum Gasteiger partial charge on any atom is 0.251 e. The minimum Gasteiger partial charge on any atom is -0.353 e. The Morgan fingerprint density at radius 1 is 1.08 bits per heavy atom. The van der Waals surface area contributed by atoms with E-state index in [1.165, 1.54) is 12.0 Å². The molecule has 1 fully saturated rings. The Labute approximate surface area is 162 Å². The molecule has 1 unspecified atom stereocenters. The first kappa shape index (κ1) is 18.6. The Balaban J connectivity index is 1.56. The summed E-state index contributed by atoms with van der Waals surface area (Å²) >= 11 is 3.34. The van der Waals surface area contributed by atoms with Gasteiger partial charge in [-0.15, -0.1) is 0 Å². The predicted molar refractivity (Wildman–Crippen MR) is 106 cm³/mol. The highest BCUT2D eigenvalue weighted by Gasteiger charge is 2.38. The Hall–Kier alpha value is -2.14. The minimum absolute atomic E-state index is 0.0341. The third kappa shape index (κ3) is 4.15. The molecule has 0 saturated heterocycles. The lowest BCUT2D eigenvalue weighted by Crippen LogP contribution is -2.51. The fourth-order valence-electron chi connectivity index (χ4n) is 3.32. The summed E-state index contributed by atoms with van der Waals surface area (Å²) in [5.41, 5.74) is 1.84. The lowest BCUT2D eigenvalue weighted by molar-refractivity contribution is -0.123. The van der Waals surface area contributed by atoms with Crippen LogP contribution in [0.3, 0.4) is 0 Å². The molecular formula is C21H23BrN2O2. The fourth-order valence-corrected chi connectivity index (χ4v) is 3.58. The number of carbonyl (C=O) groups is 2. The van der Waals surface area contributed by atoms with Crippen molar-refractivity contribution in [2.75, 3.05) is 6.54 Å². The van der Waals surface area contributed by atoms with Crippen molar-refractivity contribution in [3.63, 3.8) is 0 Å². The predicted octanol–water partition coefficient (Wildman–Crippen LogP) is 3.81. The molecule has 3 rings (SSSR count). The number of amides is 2. The second kappa shape index (κ2) is 8.04. The second-order valence-electron chi connectivity index (χ2n) is 6.92. The zero-order valence-corrected chi connectivity index (χ0v) is 16.4. The van der Waals surface area contributed by atoms with Crippen LogP contribution in [0.5, 0.6) is 0 Å². The molecule has 1 aliphatic carbocycles. The molecule has 136 valence electrons. The van der Waals surface area contributed by atoms with Crippen molar-refractivity contribution in [3.05, 3.63) is 70.2 Å². The third-order valence-electron chi connectivity index (χ3n) is 5.15. The van der Waals surface area contributed by atoms with Crippen molar-refractivity contribution in [2.24, 2.45) is 0 Å². The van der Waals surface area contributed by atoms with Gasteiger partial charge in [-0.3, -0.25) is 9.59 Å². The number of halogens is 1. The molecule has 26 heavy (non-hydrogen) atoms. The van der Waals surface area contributed by atoms with Crippen molar-refractivity contribution in [2.45, 2.75) is 37.6 Å². The van der Waals surface area contributed by atoms with E-state index in [1.54, 1.807) is 31.2 Å². The van der Waals surface area contributed by atoms with Crippen molar-refractivity contribution in [1.82, 2.24) is 10.6 Å². The van der Waals surface area contributed by atoms with E-state index in [4.69, 9.17) is 0 Å². The van der Waals surface area contributed by atoms with Crippen molar-refractivity contribution < 1.29 is 9.59 Å². The highest BCUT2D eigenvalue weighted by molar-refractivity contribution is 9.10. The summed E-state index contributed by atoms with van der Waals surface area (Å²) in [6, 6.07) is 16.8. The van der Waals surface area contributed by atoms with E-state index in [0.29, 0.717) is 12.1 Å². The first-order chi connectivity index (χ1) is 12.5. The van der Waals surface area contributed by atoms with Crippen LogP contribution in [-0.4, -0.2) is 24.4 Å². The van der Waals surface area contributed by atoms with E-state index in [9.17, 15) is 9.59 Å². The molecule has 0 bridgehead atoms. The Morgan fingerprint density at radius 3 is 2.31 bits per heavy atom. The fraction of sp³-hybridized carbons (Fsp3) is 0.333.